The number of nitrogens with zero attached hydrogens (tertiary/aromatic N) is 1. The zero-order valence-corrected chi connectivity index (χ0v) is 11.0. The third-order valence-corrected chi connectivity index (χ3v) is 2.57. The third kappa shape index (κ3) is 3.61. The van der Waals surface area contributed by atoms with E-state index >= 15 is 0 Å². The molecule has 0 aromatic heterocycles. The zero-order chi connectivity index (χ0) is 13.0. The molecule has 0 unspecified atom stereocenters. The monoisotopic (exact) mass is 274 g/mol. The average Bonchev–Trinajstić information content (AvgIpc) is 2.28. The van der Waals surface area contributed by atoms with E-state index in [1.54, 1.807) is 26.2 Å². The van der Waals surface area contributed by atoms with Gasteiger partial charge in [-0.2, -0.15) is 0 Å². The molecule has 0 saturated carbocycles. The standard InChI is InChI=1S/C11H12Cl2N2O2/c1-15(2)11(17)8-4-3-7(5-9(8)13)14-10(16)6-12/h3-5H,6H2,1-2H3,(H,14,16). The lowest BCUT2D eigenvalue weighted by Crippen LogP contribution is -2.22. The Labute approximate surface area is 109 Å². The van der Waals surface area contributed by atoms with Crippen LogP contribution < -0.4 is 5.32 Å². The van der Waals surface area contributed by atoms with Crippen molar-refractivity contribution >= 4 is 40.7 Å². The third-order valence-electron chi connectivity index (χ3n) is 2.01. The van der Waals surface area contributed by atoms with Gasteiger partial charge in [0.1, 0.15) is 5.88 Å². The van der Waals surface area contributed by atoms with Crippen molar-refractivity contribution in [3.8, 4) is 0 Å². The van der Waals surface area contributed by atoms with Gasteiger partial charge in [0.15, 0.2) is 0 Å². The molecule has 1 rings (SSSR count). The molecule has 0 saturated heterocycles. The molecule has 0 atom stereocenters. The molecule has 1 aromatic carbocycles. The number of alkyl halides is 1. The minimum absolute atomic E-state index is 0.129. The molecule has 0 spiro atoms. The molecule has 0 fully saturated rings. The number of benzene rings is 1. The van der Waals surface area contributed by atoms with Gasteiger partial charge in [0, 0.05) is 19.8 Å². The Morgan fingerprint density at radius 2 is 2.00 bits per heavy atom. The quantitative estimate of drug-likeness (QED) is 0.860. The summed E-state index contributed by atoms with van der Waals surface area (Å²) in [7, 11) is 3.28. The lowest BCUT2D eigenvalue weighted by Gasteiger charge is -2.12. The van der Waals surface area contributed by atoms with Crippen LogP contribution in [-0.2, 0) is 4.79 Å². The Morgan fingerprint density at radius 1 is 1.35 bits per heavy atom. The highest BCUT2D eigenvalue weighted by atomic mass is 35.5. The summed E-state index contributed by atoms with van der Waals surface area (Å²) in [5, 5.41) is 2.84. The Morgan fingerprint density at radius 3 is 2.47 bits per heavy atom. The number of carbonyl (C=O) groups is 2. The minimum Gasteiger partial charge on any atom is -0.345 e. The molecule has 92 valence electrons. The first-order valence-electron chi connectivity index (χ1n) is 4.82. The van der Waals surface area contributed by atoms with E-state index in [1.165, 1.54) is 11.0 Å². The molecule has 1 aromatic rings. The van der Waals surface area contributed by atoms with Crippen molar-refractivity contribution in [1.82, 2.24) is 4.90 Å². The predicted molar refractivity (Wildman–Crippen MR) is 68.8 cm³/mol. The van der Waals surface area contributed by atoms with Crippen LogP contribution in [0.15, 0.2) is 18.2 Å². The van der Waals surface area contributed by atoms with Crippen LogP contribution >= 0.6 is 23.2 Å². The van der Waals surface area contributed by atoms with Crippen LogP contribution in [0, 0.1) is 0 Å². The maximum atomic E-state index is 11.7. The molecule has 1 N–H and O–H groups in total. The van der Waals surface area contributed by atoms with Gasteiger partial charge in [0.2, 0.25) is 5.91 Å². The van der Waals surface area contributed by atoms with Crippen LogP contribution in [0.1, 0.15) is 10.4 Å². The van der Waals surface area contributed by atoms with Crippen LogP contribution in [-0.4, -0.2) is 36.7 Å². The van der Waals surface area contributed by atoms with Crippen molar-refractivity contribution in [3.05, 3.63) is 28.8 Å². The summed E-state index contributed by atoms with van der Waals surface area (Å²) in [6.45, 7) is 0. The zero-order valence-electron chi connectivity index (χ0n) is 9.46. The van der Waals surface area contributed by atoms with E-state index in [0.717, 1.165) is 0 Å². The van der Waals surface area contributed by atoms with E-state index < -0.39 is 0 Å². The second-order valence-electron chi connectivity index (χ2n) is 3.58. The smallest absolute Gasteiger partial charge is 0.254 e. The largest absolute Gasteiger partial charge is 0.345 e. The highest BCUT2D eigenvalue weighted by Gasteiger charge is 2.13. The molecule has 0 bridgehead atoms. The number of amides is 2. The highest BCUT2D eigenvalue weighted by Crippen LogP contribution is 2.22. The second kappa shape index (κ2) is 5.89. The molecule has 17 heavy (non-hydrogen) atoms. The first kappa shape index (κ1) is 13.8. The van der Waals surface area contributed by atoms with Crippen LogP contribution in [0.3, 0.4) is 0 Å². The summed E-state index contributed by atoms with van der Waals surface area (Å²) in [6, 6.07) is 4.68. The number of halogens is 2. The van der Waals surface area contributed by atoms with Crippen molar-refractivity contribution in [2.75, 3.05) is 25.3 Å². The molecular weight excluding hydrogens is 263 g/mol. The summed E-state index contributed by atoms with van der Waals surface area (Å²) >= 11 is 11.3. The van der Waals surface area contributed by atoms with Gasteiger partial charge < -0.3 is 10.2 Å². The van der Waals surface area contributed by atoms with E-state index in [2.05, 4.69) is 5.32 Å². The number of anilines is 1. The van der Waals surface area contributed by atoms with E-state index in [0.29, 0.717) is 11.3 Å². The SMILES string of the molecule is CN(C)C(=O)c1ccc(NC(=O)CCl)cc1Cl. The van der Waals surface area contributed by atoms with E-state index in [4.69, 9.17) is 23.2 Å². The molecule has 0 aliphatic rings. The maximum Gasteiger partial charge on any atom is 0.254 e. The summed E-state index contributed by atoms with van der Waals surface area (Å²) in [5.74, 6) is -0.643. The molecule has 2 amide bonds. The van der Waals surface area contributed by atoms with Gasteiger partial charge in [-0.3, -0.25) is 9.59 Å². The maximum absolute atomic E-state index is 11.7. The Balaban J connectivity index is 2.94. The first-order valence-corrected chi connectivity index (χ1v) is 5.74. The topological polar surface area (TPSA) is 49.4 Å². The van der Waals surface area contributed by atoms with Gasteiger partial charge in [-0.1, -0.05) is 11.6 Å². The molecule has 0 aliphatic heterocycles. The summed E-state index contributed by atoms with van der Waals surface area (Å²) in [6.07, 6.45) is 0. The van der Waals surface area contributed by atoms with Crippen molar-refractivity contribution < 1.29 is 9.59 Å². The Bertz CT molecular complexity index is 447. The van der Waals surface area contributed by atoms with Gasteiger partial charge in [-0.25, -0.2) is 0 Å². The van der Waals surface area contributed by atoms with Crippen molar-refractivity contribution in [1.29, 1.82) is 0 Å². The number of nitrogens with one attached hydrogen (secondary N) is 1. The second-order valence-corrected chi connectivity index (χ2v) is 4.25. The molecule has 0 heterocycles. The molecule has 4 nitrogen and oxygen atoms in total. The number of rotatable bonds is 3. The van der Waals surface area contributed by atoms with Gasteiger partial charge >= 0.3 is 0 Å². The predicted octanol–water partition coefficient (Wildman–Crippen LogP) is 2.22. The lowest BCUT2D eigenvalue weighted by atomic mass is 10.2. The van der Waals surface area contributed by atoms with Gasteiger partial charge in [0.25, 0.3) is 5.91 Å². The Kier molecular flexibility index (Phi) is 4.78. The Hall–Kier alpha value is -1.26. The summed E-state index contributed by atoms with van der Waals surface area (Å²) < 4.78 is 0. The normalized spacial score (nSPS) is 9.88. The number of hydrogen-bond donors (Lipinski definition) is 1. The average molecular weight is 275 g/mol. The van der Waals surface area contributed by atoms with Crippen LogP contribution in [0.4, 0.5) is 5.69 Å². The van der Waals surface area contributed by atoms with Crippen molar-refractivity contribution in [2.45, 2.75) is 0 Å². The molecular formula is C11H12Cl2N2O2. The fourth-order valence-corrected chi connectivity index (χ4v) is 1.53. The fraction of sp³-hybridized carbons (Fsp3) is 0.273. The van der Waals surface area contributed by atoms with Gasteiger partial charge in [-0.05, 0) is 18.2 Å². The van der Waals surface area contributed by atoms with Crippen LogP contribution in [0.5, 0.6) is 0 Å². The van der Waals surface area contributed by atoms with Gasteiger partial charge in [0.05, 0.1) is 10.6 Å². The van der Waals surface area contributed by atoms with Crippen molar-refractivity contribution in [3.63, 3.8) is 0 Å². The molecule has 0 aliphatic carbocycles. The molecule has 0 radical (unpaired) electrons. The van der Waals surface area contributed by atoms with Gasteiger partial charge in [-0.15, -0.1) is 11.6 Å². The van der Waals surface area contributed by atoms with Crippen LogP contribution in [0.25, 0.3) is 0 Å². The highest BCUT2D eigenvalue weighted by molar-refractivity contribution is 6.34. The summed E-state index contributed by atoms with van der Waals surface area (Å²) in [5.41, 5.74) is 0.900. The minimum atomic E-state index is -0.325. The van der Waals surface area contributed by atoms with Crippen molar-refractivity contribution in [2.24, 2.45) is 0 Å². The fourth-order valence-electron chi connectivity index (χ4n) is 1.20. The van der Waals surface area contributed by atoms with Crippen LogP contribution in [0.2, 0.25) is 5.02 Å². The van der Waals surface area contributed by atoms with E-state index in [-0.39, 0.29) is 22.7 Å². The van der Waals surface area contributed by atoms with E-state index in [1.807, 2.05) is 0 Å². The number of carbonyl (C=O) groups excluding carboxylic acids is 2. The molecule has 6 heteroatoms. The lowest BCUT2D eigenvalue weighted by molar-refractivity contribution is -0.113. The summed E-state index contributed by atoms with van der Waals surface area (Å²) in [4.78, 5) is 24.2. The van der Waals surface area contributed by atoms with E-state index in [9.17, 15) is 9.59 Å². The number of hydrogen-bond acceptors (Lipinski definition) is 2. The first-order chi connectivity index (χ1) is 7.95.